The molecule has 1 aromatic carbocycles. The van der Waals surface area contributed by atoms with Crippen molar-refractivity contribution in [2.75, 3.05) is 0 Å². The van der Waals surface area contributed by atoms with Crippen LogP contribution in [0.3, 0.4) is 0 Å². The fourth-order valence-electron chi connectivity index (χ4n) is 5.31. The van der Waals surface area contributed by atoms with E-state index in [2.05, 4.69) is 72.2 Å². The lowest BCUT2D eigenvalue weighted by Gasteiger charge is -2.55. The molecule has 0 heterocycles. The Labute approximate surface area is 189 Å². The fraction of sp³-hybridized carbons (Fsp3) is 0.588. The predicted molar refractivity (Wildman–Crippen MR) is 121 cm³/mol. The van der Waals surface area contributed by atoms with E-state index >= 15 is 0 Å². The summed E-state index contributed by atoms with van der Waals surface area (Å²) in [7, 11) is -3.80. The Hall–Kier alpha value is 0.830. The van der Waals surface area contributed by atoms with Crippen LogP contribution in [0.4, 0.5) is 0 Å². The molecule has 0 aromatic heterocycles. The zero-order valence-electron chi connectivity index (χ0n) is 13.3. The fourth-order valence-corrected chi connectivity index (χ4v) is 9.55. The normalized spacial score (nSPS) is 34.5. The highest BCUT2D eigenvalue weighted by molar-refractivity contribution is 14.1. The molecule has 4 saturated carbocycles. The molecule has 0 atom stereocenters. The average molecular weight is 696 g/mol. The second-order valence-corrected chi connectivity index (χ2v) is 13.2. The number of rotatable bonds is 3. The predicted octanol–water partition coefficient (Wildman–Crippen LogP) is 3.91. The van der Waals surface area contributed by atoms with Crippen molar-refractivity contribution < 1.29 is 13.5 Å². The van der Waals surface area contributed by atoms with Crippen molar-refractivity contribution in [2.24, 2.45) is 22.2 Å². The summed E-state index contributed by atoms with van der Waals surface area (Å²) < 4.78 is 32.0. The number of nitrogens with zero attached hydrogens (tertiary/aromatic N) is 1. The Balaban J connectivity index is 1.73. The summed E-state index contributed by atoms with van der Waals surface area (Å²) in [5, 5.41) is 12.7. The van der Waals surface area contributed by atoms with Crippen molar-refractivity contribution in [1.29, 1.82) is 0 Å². The Kier molecular flexibility index (Phi) is 5.14. The molecule has 0 spiro atoms. The standard InChI is InChI=1S/C17H18I3NO3S/c18-12-4-13(15(20)14(19)5-12)16(22)21-25(23,24)17-6-9-1-10(7-17)3-11(2-9)8-17/h4-5,9-11H,1-3,6-8H2,(H,21,22)/p-1. The molecule has 4 bridgehead atoms. The molecule has 0 saturated heterocycles. The maximum Gasteiger partial charge on any atom is 0.258 e. The van der Waals surface area contributed by atoms with Gasteiger partial charge in [-0.2, -0.15) is 4.40 Å². The van der Waals surface area contributed by atoms with E-state index in [1.165, 1.54) is 0 Å². The largest absolute Gasteiger partial charge is 0.858 e. The zero-order chi connectivity index (χ0) is 18.0. The SMILES string of the molecule is O=S(=O)(/N=C(\[O-])c1cc(I)cc(I)c1I)C12CC3CC(CC(C3)C1)C2. The van der Waals surface area contributed by atoms with Crippen LogP contribution in [-0.2, 0) is 10.0 Å². The van der Waals surface area contributed by atoms with E-state index < -0.39 is 20.7 Å². The van der Waals surface area contributed by atoms with Gasteiger partial charge in [-0.05, 0) is 136 Å². The second kappa shape index (κ2) is 6.71. The Bertz CT molecular complexity index is 831. The third-order valence-electron chi connectivity index (χ3n) is 5.96. The summed E-state index contributed by atoms with van der Waals surface area (Å²) in [5.41, 5.74) is 0.394. The van der Waals surface area contributed by atoms with Gasteiger partial charge in [0, 0.05) is 22.2 Å². The van der Waals surface area contributed by atoms with E-state index in [0.29, 0.717) is 42.6 Å². The lowest BCUT2D eigenvalue weighted by molar-refractivity contribution is -0.212. The second-order valence-electron chi connectivity index (χ2n) is 7.72. The molecule has 0 unspecified atom stereocenters. The molecule has 0 amide bonds. The molecule has 4 aliphatic rings. The first-order chi connectivity index (χ1) is 11.7. The maximum absolute atomic E-state index is 13.2. The first kappa shape index (κ1) is 19.2. The third-order valence-corrected chi connectivity index (χ3v) is 11.6. The van der Waals surface area contributed by atoms with E-state index in [1.54, 1.807) is 6.07 Å². The minimum absolute atomic E-state index is 0.394. The molecule has 136 valence electrons. The number of benzene rings is 1. The molecular formula is C17H17I3NO3S-. The van der Waals surface area contributed by atoms with Crippen molar-refractivity contribution in [3.05, 3.63) is 28.4 Å². The average Bonchev–Trinajstić information content (AvgIpc) is 2.48. The summed E-state index contributed by atoms with van der Waals surface area (Å²) in [6.45, 7) is 0. The summed E-state index contributed by atoms with van der Waals surface area (Å²) >= 11 is 6.40. The van der Waals surface area contributed by atoms with Crippen LogP contribution in [0.15, 0.2) is 16.5 Å². The van der Waals surface area contributed by atoms with Crippen LogP contribution in [0.5, 0.6) is 0 Å². The Morgan fingerprint density at radius 1 is 1.04 bits per heavy atom. The van der Waals surface area contributed by atoms with Gasteiger partial charge in [0.15, 0.2) is 0 Å². The zero-order valence-corrected chi connectivity index (χ0v) is 20.6. The molecule has 1 aromatic rings. The van der Waals surface area contributed by atoms with Gasteiger partial charge in [0.1, 0.15) is 0 Å². The topological polar surface area (TPSA) is 69.6 Å². The third kappa shape index (κ3) is 3.39. The maximum atomic E-state index is 13.2. The highest BCUT2D eigenvalue weighted by Crippen LogP contribution is 2.58. The molecule has 25 heavy (non-hydrogen) atoms. The molecule has 4 aliphatic carbocycles. The van der Waals surface area contributed by atoms with Gasteiger partial charge >= 0.3 is 0 Å². The van der Waals surface area contributed by atoms with Crippen LogP contribution in [0.1, 0.15) is 44.1 Å². The van der Waals surface area contributed by atoms with Crippen molar-refractivity contribution >= 4 is 83.7 Å². The van der Waals surface area contributed by atoms with Gasteiger partial charge in [-0.1, -0.05) is 0 Å². The highest BCUT2D eigenvalue weighted by atomic mass is 127. The van der Waals surface area contributed by atoms with Gasteiger partial charge in [0.2, 0.25) is 0 Å². The molecule has 4 fully saturated rings. The molecule has 0 radical (unpaired) electrons. The minimum atomic E-state index is -3.80. The number of sulfonamides is 1. The Morgan fingerprint density at radius 3 is 2.08 bits per heavy atom. The molecule has 5 rings (SSSR count). The van der Waals surface area contributed by atoms with Gasteiger partial charge in [-0.3, -0.25) is 0 Å². The summed E-state index contributed by atoms with van der Waals surface area (Å²) in [6.07, 6.45) is 5.57. The number of hydrogen-bond acceptors (Lipinski definition) is 3. The molecule has 0 N–H and O–H groups in total. The van der Waals surface area contributed by atoms with Crippen molar-refractivity contribution in [3.63, 3.8) is 0 Å². The molecule has 4 nitrogen and oxygen atoms in total. The van der Waals surface area contributed by atoms with Gasteiger partial charge in [-0.15, -0.1) is 0 Å². The van der Waals surface area contributed by atoms with Gasteiger partial charge in [-0.25, -0.2) is 8.42 Å². The van der Waals surface area contributed by atoms with E-state index in [4.69, 9.17) is 0 Å². The van der Waals surface area contributed by atoms with Crippen LogP contribution >= 0.6 is 67.8 Å². The highest BCUT2D eigenvalue weighted by Gasteiger charge is 2.57. The summed E-state index contributed by atoms with van der Waals surface area (Å²) in [5.74, 6) is 0.900. The molecule has 0 aliphatic heterocycles. The molecular weight excluding hydrogens is 679 g/mol. The van der Waals surface area contributed by atoms with Crippen LogP contribution in [0.25, 0.3) is 0 Å². The lowest BCUT2D eigenvalue weighted by Crippen LogP contribution is -2.54. The summed E-state index contributed by atoms with van der Waals surface area (Å²) in [6, 6.07) is 3.69. The smallest absolute Gasteiger partial charge is 0.258 e. The lowest BCUT2D eigenvalue weighted by atomic mass is 9.56. The summed E-state index contributed by atoms with van der Waals surface area (Å²) in [4.78, 5) is 0. The Morgan fingerprint density at radius 2 is 1.56 bits per heavy atom. The first-order valence-electron chi connectivity index (χ1n) is 8.35. The van der Waals surface area contributed by atoms with Crippen LogP contribution in [0, 0.1) is 28.5 Å². The number of hydrogen-bond donors (Lipinski definition) is 0. The first-order valence-corrected chi connectivity index (χ1v) is 13.0. The van der Waals surface area contributed by atoms with Crippen LogP contribution < -0.4 is 5.11 Å². The van der Waals surface area contributed by atoms with Crippen molar-refractivity contribution in [2.45, 2.75) is 43.3 Å². The van der Waals surface area contributed by atoms with Crippen molar-refractivity contribution in [3.8, 4) is 0 Å². The van der Waals surface area contributed by atoms with E-state index in [1.807, 2.05) is 6.07 Å². The minimum Gasteiger partial charge on any atom is -0.858 e. The van der Waals surface area contributed by atoms with E-state index in [-0.39, 0.29) is 0 Å². The van der Waals surface area contributed by atoms with Gasteiger partial charge < -0.3 is 5.11 Å². The van der Waals surface area contributed by atoms with E-state index in [9.17, 15) is 13.5 Å². The quantitative estimate of drug-likeness (QED) is 0.209. The molecule has 8 heteroatoms. The van der Waals surface area contributed by atoms with Crippen LogP contribution in [0.2, 0.25) is 0 Å². The monoisotopic (exact) mass is 696 g/mol. The van der Waals surface area contributed by atoms with E-state index in [0.717, 1.165) is 30.0 Å². The number of halogens is 3. The van der Waals surface area contributed by atoms with Gasteiger partial charge in [0.05, 0.1) is 4.75 Å². The van der Waals surface area contributed by atoms with Crippen molar-refractivity contribution in [1.82, 2.24) is 0 Å². The van der Waals surface area contributed by atoms with Crippen LogP contribution in [-0.4, -0.2) is 19.1 Å². The van der Waals surface area contributed by atoms with Gasteiger partial charge in [0.25, 0.3) is 10.0 Å².